The monoisotopic (exact) mass is 302 g/mol. The van der Waals surface area contributed by atoms with E-state index in [1.165, 1.54) is 7.11 Å². The van der Waals surface area contributed by atoms with Gasteiger partial charge in [-0.05, 0) is 18.6 Å². The summed E-state index contributed by atoms with van der Waals surface area (Å²) >= 11 is 3.36. The Morgan fingerprint density at radius 2 is 1.88 bits per heavy atom. The maximum atomic E-state index is 11.5. The number of alkyl halides is 1. The lowest BCUT2D eigenvalue weighted by molar-refractivity contribution is 0.0597. The fraction of sp³-hybridized carbons (Fsp3) is 0.462. The van der Waals surface area contributed by atoms with E-state index in [9.17, 15) is 4.79 Å². The lowest BCUT2D eigenvalue weighted by atomic mass is 10.1. The van der Waals surface area contributed by atoms with Gasteiger partial charge in [0.25, 0.3) is 0 Å². The summed E-state index contributed by atoms with van der Waals surface area (Å²) in [6.07, 6.45) is 0. The minimum atomic E-state index is -0.377. The van der Waals surface area contributed by atoms with Crippen LogP contribution in [0.3, 0.4) is 0 Å². The molecule has 0 unspecified atom stereocenters. The summed E-state index contributed by atoms with van der Waals surface area (Å²) in [6, 6.07) is 3.73. The number of methoxy groups -OCH3 is 2. The van der Waals surface area contributed by atoms with Crippen LogP contribution in [0, 0.1) is 6.92 Å². The van der Waals surface area contributed by atoms with Crippen molar-refractivity contribution in [1.29, 1.82) is 0 Å². The second-order valence-corrected chi connectivity index (χ2v) is 3.69. The molecule has 0 aliphatic heterocycles. The molecule has 0 aliphatic rings. The molecule has 0 aromatic heterocycles. The number of rotatable bonds is 3. The van der Waals surface area contributed by atoms with E-state index in [1.807, 2.05) is 26.8 Å². The molecule has 4 heteroatoms. The molecule has 0 spiro atoms. The highest BCUT2D eigenvalue weighted by Gasteiger charge is 2.16. The van der Waals surface area contributed by atoms with Gasteiger partial charge in [0, 0.05) is 10.9 Å². The van der Waals surface area contributed by atoms with Crippen molar-refractivity contribution in [1.82, 2.24) is 0 Å². The molecule has 96 valence electrons. The van der Waals surface area contributed by atoms with Crippen molar-refractivity contribution in [2.45, 2.75) is 26.1 Å². The van der Waals surface area contributed by atoms with Crippen LogP contribution in [-0.2, 0) is 10.1 Å². The summed E-state index contributed by atoms with van der Waals surface area (Å²) < 4.78 is 9.91. The van der Waals surface area contributed by atoms with E-state index < -0.39 is 0 Å². The maximum Gasteiger partial charge on any atom is 0.341 e. The largest absolute Gasteiger partial charge is 0.496 e. The van der Waals surface area contributed by atoms with Crippen LogP contribution in [0.4, 0.5) is 0 Å². The lowest BCUT2D eigenvalue weighted by Crippen LogP contribution is -2.06. The number of halogens is 1. The van der Waals surface area contributed by atoms with E-state index in [0.29, 0.717) is 16.6 Å². The Balaban J connectivity index is 0.00000121. The van der Waals surface area contributed by atoms with Crippen LogP contribution in [-0.4, -0.2) is 20.2 Å². The van der Waals surface area contributed by atoms with Crippen molar-refractivity contribution in [3.63, 3.8) is 0 Å². The average Bonchev–Trinajstić information content (AvgIpc) is 2.38. The molecular weight excluding hydrogens is 284 g/mol. The fourth-order valence-corrected chi connectivity index (χ4v) is 1.87. The number of hydrogen-bond acceptors (Lipinski definition) is 3. The normalized spacial score (nSPS) is 9.06. The van der Waals surface area contributed by atoms with E-state index >= 15 is 0 Å². The molecular formula is C13H19BrO3. The molecule has 0 saturated heterocycles. The number of ether oxygens (including phenoxy) is 2. The van der Waals surface area contributed by atoms with Crippen LogP contribution in [0.1, 0.15) is 35.3 Å². The molecule has 0 atom stereocenters. The summed E-state index contributed by atoms with van der Waals surface area (Å²) in [6.45, 7) is 5.93. The molecule has 0 N–H and O–H groups in total. The first-order valence-electron chi connectivity index (χ1n) is 5.45. The zero-order valence-corrected chi connectivity index (χ0v) is 12.6. The third kappa shape index (κ3) is 4.04. The Morgan fingerprint density at radius 1 is 1.29 bits per heavy atom. The second kappa shape index (κ2) is 8.12. The van der Waals surface area contributed by atoms with Gasteiger partial charge in [0.2, 0.25) is 0 Å². The van der Waals surface area contributed by atoms with E-state index in [-0.39, 0.29) is 5.97 Å². The molecule has 1 rings (SSSR count). The van der Waals surface area contributed by atoms with Crippen molar-refractivity contribution in [2.24, 2.45) is 0 Å². The van der Waals surface area contributed by atoms with Crippen LogP contribution in [0.2, 0.25) is 0 Å². The van der Waals surface area contributed by atoms with Crippen molar-refractivity contribution in [3.8, 4) is 5.75 Å². The topological polar surface area (TPSA) is 35.5 Å². The number of benzene rings is 1. The minimum absolute atomic E-state index is 0.377. The van der Waals surface area contributed by atoms with Crippen molar-refractivity contribution in [3.05, 3.63) is 28.8 Å². The van der Waals surface area contributed by atoms with Gasteiger partial charge in [0.05, 0.1) is 14.2 Å². The van der Waals surface area contributed by atoms with Crippen molar-refractivity contribution < 1.29 is 14.3 Å². The quantitative estimate of drug-likeness (QED) is 0.631. The van der Waals surface area contributed by atoms with Gasteiger partial charge in [-0.3, -0.25) is 0 Å². The Kier molecular flexibility index (Phi) is 7.63. The highest BCUT2D eigenvalue weighted by molar-refractivity contribution is 9.08. The highest BCUT2D eigenvalue weighted by Crippen LogP contribution is 2.28. The van der Waals surface area contributed by atoms with Crippen LogP contribution < -0.4 is 4.74 Å². The molecule has 0 fully saturated rings. The van der Waals surface area contributed by atoms with Crippen LogP contribution >= 0.6 is 15.9 Å². The molecule has 0 bridgehead atoms. The number of hydrogen-bond donors (Lipinski definition) is 0. The standard InChI is InChI=1S/C11H13BrO3.C2H6/c1-7-4-8(6-12)10(14-2)9(5-7)11(13)15-3;1-2/h4-5H,6H2,1-3H3;1-2H3. The SMILES string of the molecule is CC.COC(=O)c1cc(C)cc(CBr)c1OC. The first-order valence-corrected chi connectivity index (χ1v) is 6.58. The maximum absolute atomic E-state index is 11.5. The summed E-state index contributed by atoms with van der Waals surface area (Å²) in [5.41, 5.74) is 2.41. The van der Waals surface area contributed by atoms with E-state index in [1.54, 1.807) is 13.2 Å². The number of esters is 1. The van der Waals surface area contributed by atoms with Crippen molar-refractivity contribution >= 4 is 21.9 Å². The third-order valence-electron chi connectivity index (χ3n) is 2.06. The highest BCUT2D eigenvalue weighted by atomic mass is 79.9. The molecule has 0 amide bonds. The van der Waals surface area contributed by atoms with Gasteiger partial charge in [-0.25, -0.2) is 4.79 Å². The lowest BCUT2D eigenvalue weighted by Gasteiger charge is -2.11. The summed E-state index contributed by atoms with van der Waals surface area (Å²) in [5.74, 6) is 0.196. The zero-order chi connectivity index (χ0) is 13.4. The Labute approximate surface area is 111 Å². The molecule has 1 aromatic rings. The van der Waals surface area contributed by atoms with Crippen LogP contribution in [0.25, 0.3) is 0 Å². The van der Waals surface area contributed by atoms with E-state index in [4.69, 9.17) is 9.47 Å². The smallest absolute Gasteiger partial charge is 0.341 e. The summed E-state index contributed by atoms with van der Waals surface area (Å²) in [4.78, 5) is 11.5. The van der Waals surface area contributed by atoms with Gasteiger partial charge < -0.3 is 9.47 Å². The van der Waals surface area contributed by atoms with Gasteiger partial charge in [0.1, 0.15) is 11.3 Å². The van der Waals surface area contributed by atoms with Gasteiger partial charge in [-0.2, -0.15) is 0 Å². The Bertz CT molecular complexity index is 375. The van der Waals surface area contributed by atoms with Gasteiger partial charge in [-0.1, -0.05) is 35.8 Å². The average molecular weight is 303 g/mol. The van der Waals surface area contributed by atoms with Gasteiger partial charge >= 0.3 is 5.97 Å². The van der Waals surface area contributed by atoms with Crippen LogP contribution in [0.5, 0.6) is 5.75 Å². The summed E-state index contributed by atoms with van der Waals surface area (Å²) in [7, 11) is 2.90. The number of carbonyl (C=O) groups is 1. The first-order chi connectivity index (χ1) is 8.13. The fourth-order valence-electron chi connectivity index (χ4n) is 1.45. The molecule has 1 aromatic carbocycles. The molecule has 0 radical (unpaired) electrons. The van der Waals surface area contributed by atoms with Gasteiger partial charge in [0.15, 0.2) is 0 Å². The minimum Gasteiger partial charge on any atom is -0.496 e. The zero-order valence-electron chi connectivity index (χ0n) is 11.0. The second-order valence-electron chi connectivity index (χ2n) is 3.13. The molecule has 0 heterocycles. The molecule has 17 heavy (non-hydrogen) atoms. The van der Waals surface area contributed by atoms with E-state index in [2.05, 4.69) is 15.9 Å². The third-order valence-corrected chi connectivity index (χ3v) is 2.67. The summed E-state index contributed by atoms with van der Waals surface area (Å²) in [5, 5.41) is 0.641. The number of carbonyl (C=O) groups excluding carboxylic acids is 1. The first kappa shape index (κ1) is 16.0. The number of aryl methyl sites for hydroxylation is 1. The predicted octanol–water partition coefficient (Wildman–Crippen LogP) is 3.71. The van der Waals surface area contributed by atoms with Crippen LogP contribution in [0.15, 0.2) is 12.1 Å². The Hall–Kier alpha value is -1.03. The van der Waals surface area contributed by atoms with Gasteiger partial charge in [-0.15, -0.1) is 0 Å². The molecule has 0 aliphatic carbocycles. The molecule has 3 nitrogen and oxygen atoms in total. The van der Waals surface area contributed by atoms with E-state index in [0.717, 1.165) is 11.1 Å². The Morgan fingerprint density at radius 3 is 2.29 bits per heavy atom. The van der Waals surface area contributed by atoms with Crippen molar-refractivity contribution in [2.75, 3.05) is 14.2 Å². The molecule has 0 saturated carbocycles. The predicted molar refractivity (Wildman–Crippen MR) is 73.0 cm³/mol.